The predicted molar refractivity (Wildman–Crippen MR) is 110 cm³/mol. The summed E-state index contributed by atoms with van der Waals surface area (Å²) in [6, 6.07) is 5.08. The number of furan rings is 1. The first-order valence-electron chi connectivity index (χ1n) is 9.35. The summed E-state index contributed by atoms with van der Waals surface area (Å²) in [5, 5.41) is 2.69. The third-order valence-corrected chi connectivity index (χ3v) is 5.00. The zero-order valence-corrected chi connectivity index (χ0v) is 16.4. The fourth-order valence-electron chi connectivity index (χ4n) is 3.41. The van der Waals surface area contributed by atoms with E-state index in [9.17, 15) is 22.4 Å². The van der Waals surface area contributed by atoms with Crippen LogP contribution in [0.25, 0.3) is 27.9 Å². The van der Waals surface area contributed by atoms with Crippen molar-refractivity contribution in [1.82, 2.24) is 19.4 Å². The summed E-state index contributed by atoms with van der Waals surface area (Å²) in [5.41, 5.74) is 6.18. The SMILES string of the molecule is Nc1ncnc2occ(-c3ccn4c(C(=O)Nc5cc(C(F)(F)F)ccc5F)cnc4c3)c12. The van der Waals surface area contributed by atoms with Crippen LogP contribution in [0.5, 0.6) is 0 Å². The number of imidazole rings is 1. The number of alkyl halides is 3. The van der Waals surface area contributed by atoms with Crippen LogP contribution in [-0.4, -0.2) is 25.3 Å². The molecule has 4 heterocycles. The number of rotatable bonds is 3. The van der Waals surface area contributed by atoms with Gasteiger partial charge in [0.25, 0.3) is 5.91 Å². The van der Waals surface area contributed by atoms with Crippen molar-refractivity contribution in [3.8, 4) is 11.1 Å². The van der Waals surface area contributed by atoms with E-state index in [-0.39, 0.29) is 11.5 Å². The topological polar surface area (TPSA) is 111 Å². The number of nitrogens with zero attached hydrogens (tertiary/aromatic N) is 4. The molecule has 5 aromatic rings. The Balaban J connectivity index is 1.49. The summed E-state index contributed by atoms with van der Waals surface area (Å²) in [5.74, 6) is -1.60. The van der Waals surface area contributed by atoms with E-state index in [1.165, 1.54) is 29.4 Å². The Labute approximate surface area is 181 Å². The summed E-state index contributed by atoms with van der Waals surface area (Å²) >= 11 is 0. The molecule has 0 spiro atoms. The molecule has 0 unspecified atom stereocenters. The second kappa shape index (κ2) is 7.29. The lowest BCUT2D eigenvalue weighted by Crippen LogP contribution is -2.16. The second-order valence-electron chi connectivity index (χ2n) is 7.02. The molecule has 4 aromatic heterocycles. The molecule has 0 bridgehead atoms. The van der Waals surface area contributed by atoms with Crippen LogP contribution in [0.3, 0.4) is 0 Å². The first-order chi connectivity index (χ1) is 15.7. The smallest absolute Gasteiger partial charge is 0.416 e. The van der Waals surface area contributed by atoms with Gasteiger partial charge in [0.05, 0.1) is 22.8 Å². The van der Waals surface area contributed by atoms with E-state index >= 15 is 0 Å². The van der Waals surface area contributed by atoms with E-state index in [1.807, 2.05) is 0 Å². The van der Waals surface area contributed by atoms with Crippen molar-refractivity contribution in [1.29, 1.82) is 0 Å². The molecule has 1 aromatic carbocycles. The van der Waals surface area contributed by atoms with E-state index in [2.05, 4.69) is 20.3 Å². The van der Waals surface area contributed by atoms with E-state index in [4.69, 9.17) is 10.2 Å². The standard InChI is InChI=1S/C21H12F4N6O2/c22-13-2-1-11(21(23,24)25)6-14(13)30-19(32)15-7-27-16-5-10(3-4-31(15)16)12-8-33-20-17(12)18(26)28-9-29-20/h1-9H,(H,30,32)(H2,26,28,29). The number of nitrogens with one attached hydrogen (secondary N) is 1. The van der Waals surface area contributed by atoms with Crippen molar-refractivity contribution in [2.45, 2.75) is 6.18 Å². The molecule has 0 aliphatic heterocycles. The molecule has 166 valence electrons. The van der Waals surface area contributed by atoms with Gasteiger partial charge < -0.3 is 15.5 Å². The van der Waals surface area contributed by atoms with Crippen LogP contribution in [0, 0.1) is 5.82 Å². The van der Waals surface area contributed by atoms with Gasteiger partial charge in [-0.15, -0.1) is 0 Å². The van der Waals surface area contributed by atoms with Crippen molar-refractivity contribution < 1.29 is 26.8 Å². The summed E-state index contributed by atoms with van der Waals surface area (Å²) < 4.78 is 59.6. The lowest BCUT2D eigenvalue weighted by molar-refractivity contribution is -0.137. The summed E-state index contributed by atoms with van der Waals surface area (Å²) in [7, 11) is 0. The van der Waals surface area contributed by atoms with Crippen LogP contribution in [0.15, 0.2) is 59.7 Å². The van der Waals surface area contributed by atoms with Gasteiger partial charge in [0.1, 0.15) is 35.6 Å². The number of hydrogen-bond acceptors (Lipinski definition) is 6. The number of pyridine rings is 1. The number of hydrogen-bond donors (Lipinski definition) is 2. The third kappa shape index (κ3) is 3.50. The number of benzene rings is 1. The zero-order chi connectivity index (χ0) is 23.3. The number of aromatic nitrogens is 4. The molecule has 0 radical (unpaired) electrons. The van der Waals surface area contributed by atoms with Crippen LogP contribution in [-0.2, 0) is 6.18 Å². The normalized spacial score (nSPS) is 11.9. The van der Waals surface area contributed by atoms with Crippen LogP contribution in [0.1, 0.15) is 16.1 Å². The maximum Gasteiger partial charge on any atom is 0.416 e. The van der Waals surface area contributed by atoms with Crippen LogP contribution >= 0.6 is 0 Å². The minimum atomic E-state index is -4.68. The average Bonchev–Trinajstić information content (AvgIpc) is 3.39. The number of nitrogen functional groups attached to an aromatic ring is 1. The third-order valence-electron chi connectivity index (χ3n) is 5.00. The maximum absolute atomic E-state index is 14.0. The predicted octanol–water partition coefficient (Wildman–Crippen LogP) is 4.53. The van der Waals surface area contributed by atoms with Gasteiger partial charge in [0, 0.05) is 11.8 Å². The number of carbonyl (C=O) groups is 1. The molecule has 0 saturated heterocycles. The first kappa shape index (κ1) is 20.4. The lowest BCUT2D eigenvalue weighted by Gasteiger charge is -2.11. The van der Waals surface area contributed by atoms with Crippen molar-refractivity contribution in [2.24, 2.45) is 0 Å². The monoisotopic (exact) mass is 456 g/mol. The molecule has 0 fully saturated rings. The van der Waals surface area contributed by atoms with E-state index < -0.39 is 29.2 Å². The molecule has 0 saturated carbocycles. The molecule has 12 heteroatoms. The summed E-state index contributed by atoms with van der Waals surface area (Å²) in [4.78, 5) is 24.8. The Morgan fingerprint density at radius 3 is 2.73 bits per heavy atom. The minimum Gasteiger partial charge on any atom is -0.445 e. The molecule has 3 N–H and O–H groups in total. The lowest BCUT2D eigenvalue weighted by atomic mass is 10.1. The van der Waals surface area contributed by atoms with Crippen molar-refractivity contribution in [3.05, 3.63) is 72.4 Å². The first-order valence-corrected chi connectivity index (χ1v) is 9.35. The zero-order valence-electron chi connectivity index (χ0n) is 16.4. The Morgan fingerprint density at radius 1 is 1.12 bits per heavy atom. The van der Waals surface area contributed by atoms with Crippen molar-refractivity contribution in [3.63, 3.8) is 0 Å². The van der Waals surface area contributed by atoms with E-state index in [0.717, 1.165) is 0 Å². The molecule has 0 aliphatic carbocycles. The minimum absolute atomic E-state index is 0.00624. The van der Waals surface area contributed by atoms with E-state index in [1.54, 1.807) is 12.1 Å². The molecular formula is C21H12F4N6O2. The van der Waals surface area contributed by atoms with Gasteiger partial charge in [-0.3, -0.25) is 9.20 Å². The van der Waals surface area contributed by atoms with Crippen molar-refractivity contribution in [2.75, 3.05) is 11.1 Å². The number of amides is 1. The van der Waals surface area contributed by atoms with Gasteiger partial charge in [-0.05, 0) is 35.9 Å². The Morgan fingerprint density at radius 2 is 1.94 bits per heavy atom. The van der Waals surface area contributed by atoms with Gasteiger partial charge in [-0.2, -0.15) is 13.2 Å². The Kier molecular flexibility index (Phi) is 4.51. The molecule has 0 atom stereocenters. The van der Waals surface area contributed by atoms with Gasteiger partial charge in [-0.1, -0.05) is 0 Å². The molecule has 0 aliphatic rings. The maximum atomic E-state index is 14.0. The highest BCUT2D eigenvalue weighted by Gasteiger charge is 2.31. The highest BCUT2D eigenvalue weighted by atomic mass is 19.4. The average molecular weight is 456 g/mol. The Bertz CT molecular complexity index is 1540. The quantitative estimate of drug-likeness (QED) is 0.386. The highest BCUT2D eigenvalue weighted by molar-refractivity contribution is 6.04. The Hall–Kier alpha value is -4.48. The molecular weight excluding hydrogens is 444 g/mol. The number of fused-ring (bicyclic) bond motifs is 2. The van der Waals surface area contributed by atoms with Crippen LogP contribution in [0.4, 0.5) is 29.1 Å². The van der Waals surface area contributed by atoms with Gasteiger partial charge >= 0.3 is 6.18 Å². The van der Waals surface area contributed by atoms with Gasteiger partial charge in [-0.25, -0.2) is 19.3 Å². The number of halogens is 4. The molecule has 5 rings (SSSR count). The molecule has 8 nitrogen and oxygen atoms in total. The largest absolute Gasteiger partial charge is 0.445 e. The van der Waals surface area contributed by atoms with Gasteiger partial charge in [0.2, 0.25) is 5.71 Å². The highest BCUT2D eigenvalue weighted by Crippen LogP contribution is 2.34. The number of carbonyl (C=O) groups excluding carboxylic acids is 1. The summed E-state index contributed by atoms with van der Waals surface area (Å²) in [6.45, 7) is 0. The fraction of sp³-hybridized carbons (Fsp3) is 0.0476. The fourth-order valence-corrected chi connectivity index (χ4v) is 3.41. The van der Waals surface area contributed by atoms with Gasteiger partial charge in [0.15, 0.2) is 0 Å². The van der Waals surface area contributed by atoms with Crippen LogP contribution < -0.4 is 11.1 Å². The number of nitrogens with two attached hydrogens (primary N) is 1. The molecule has 1 amide bonds. The molecule has 33 heavy (non-hydrogen) atoms. The van der Waals surface area contributed by atoms with Crippen molar-refractivity contribution >= 4 is 34.2 Å². The van der Waals surface area contributed by atoms with Crippen LogP contribution in [0.2, 0.25) is 0 Å². The van der Waals surface area contributed by atoms with E-state index in [0.29, 0.717) is 46.1 Å². The number of anilines is 2. The second-order valence-corrected chi connectivity index (χ2v) is 7.02. The summed E-state index contributed by atoms with van der Waals surface area (Å²) in [6.07, 6.45) is 0.826.